The Balaban J connectivity index is 4.17. The molecule has 61 heavy (non-hydrogen) atoms. The molecule has 0 radical (unpaired) electrons. The molecule has 0 heterocycles. The van der Waals surface area contributed by atoms with Crippen molar-refractivity contribution in [1.82, 2.24) is 5.32 Å². The van der Waals surface area contributed by atoms with E-state index >= 15 is 0 Å². The van der Waals surface area contributed by atoms with Gasteiger partial charge < -0.3 is 20.9 Å². The van der Waals surface area contributed by atoms with Gasteiger partial charge in [0.15, 0.2) is 0 Å². The fourth-order valence-electron chi connectivity index (χ4n) is 8.81. The van der Waals surface area contributed by atoms with E-state index in [9.17, 15) is 19.5 Å². The highest BCUT2D eigenvalue weighted by atomic mass is 16.5. The average molecular weight is 863 g/mol. The Hall–Kier alpha value is -1.63. The molecule has 0 aliphatic carbocycles. The van der Waals surface area contributed by atoms with Crippen LogP contribution in [0, 0.1) is 0 Å². The summed E-state index contributed by atoms with van der Waals surface area (Å²) in [5.74, 6) is -1.20. The van der Waals surface area contributed by atoms with Gasteiger partial charge in [0.25, 0.3) is 0 Å². The molecule has 0 rings (SSSR count). The average Bonchev–Trinajstić information content (AvgIpc) is 3.25. The normalized spacial score (nSPS) is 12.4. The zero-order valence-electron chi connectivity index (χ0n) is 41.0. The van der Waals surface area contributed by atoms with Crippen LogP contribution in [0.5, 0.6) is 0 Å². The summed E-state index contributed by atoms with van der Waals surface area (Å²) in [6, 6.07) is -0.853. The molecule has 0 fully saturated rings. The molecule has 0 aliphatic rings. The number of aliphatic carboxylic acids is 1. The summed E-state index contributed by atoms with van der Waals surface area (Å²) in [6.07, 6.45) is 56.0. The van der Waals surface area contributed by atoms with Gasteiger partial charge in [-0.15, -0.1) is 0 Å². The number of hydrogen-bond donors (Lipinski definition) is 3. The van der Waals surface area contributed by atoms with Crippen LogP contribution in [0.3, 0.4) is 0 Å². The van der Waals surface area contributed by atoms with Gasteiger partial charge in [-0.05, 0) is 57.9 Å². The van der Waals surface area contributed by atoms with Crippen molar-refractivity contribution in [1.29, 1.82) is 0 Å². The number of carboxylic acid groups (broad SMARTS) is 1. The summed E-state index contributed by atoms with van der Waals surface area (Å²) >= 11 is 0. The predicted octanol–water partition coefficient (Wildman–Crippen LogP) is 16.4. The second kappa shape index (κ2) is 49.4. The van der Waals surface area contributed by atoms with Gasteiger partial charge in [0, 0.05) is 12.8 Å². The minimum atomic E-state index is -0.998. The number of hydrogen-bond acceptors (Lipinski definition) is 5. The first-order chi connectivity index (χ1) is 29.9. The summed E-state index contributed by atoms with van der Waals surface area (Å²) in [6.45, 7) is 4.99. The summed E-state index contributed by atoms with van der Waals surface area (Å²) in [5, 5.41) is 12.0. The predicted molar refractivity (Wildman–Crippen MR) is 262 cm³/mol. The van der Waals surface area contributed by atoms with Gasteiger partial charge in [0.1, 0.15) is 12.1 Å². The Kier molecular flexibility index (Phi) is 48.1. The standard InChI is InChI=1S/C54H106N2O5/c1-3-5-7-9-11-13-15-17-19-20-21-22-23-24-25-27-29-31-33-38-42-48-53(58)61-50(44-39-35-32-30-28-26-18-16-14-12-10-8-6-4-2)45-40-36-34-37-41-47-52(57)56-51(54(59)60)46-43-49-55/h50-51H,3-49,55H2,1-2H3,(H,56,57)(H,59,60). The van der Waals surface area contributed by atoms with E-state index in [0.29, 0.717) is 32.2 Å². The molecule has 2 atom stereocenters. The molecule has 2 unspecified atom stereocenters. The lowest BCUT2D eigenvalue weighted by atomic mass is 10.0. The molecule has 7 nitrogen and oxygen atoms in total. The Morgan fingerprint density at radius 3 is 1.02 bits per heavy atom. The smallest absolute Gasteiger partial charge is 0.326 e. The number of carboxylic acids is 1. The van der Waals surface area contributed by atoms with E-state index in [4.69, 9.17) is 10.5 Å². The van der Waals surface area contributed by atoms with Crippen LogP contribution in [0.4, 0.5) is 0 Å². The monoisotopic (exact) mass is 863 g/mol. The molecule has 0 aromatic rings. The number of nitrogens with two attached hydrogens (primary N) is 1. The molecule has 0 saturated heterocycles. The van der Waals surface area contributed by atoms with Crippen molar-refractivity contribution in [2.24, 2.45) is 5.73 Å². The highest BCUT2D eigenvalue weighted by Crippen LogP contribution is 2.20. The fourth-order valence-corrected chi connectivity index (χ4v) is 8.81. The molecule has 7 heteroatoms. The van der Waals surface area contributed by atoms with Gasteiger partial charge in [-0.3, -0.25) is 9.59 Å². The van der Waals surface area contributed by atoms with Crippen LogP contribution in [0.1, 0.15) is 309 Å². The minimum absolute atomic E-state index is 0.00897. The van der Waals surface area contributed by atoms with E-state index in [-0.39, 0.29) is 18.0 Å². The highest BCUT2D eigenvalue weighted by molar-refractivity contribution is 5.83. The summed E-state index contributed by atoms with van der Waals surface area (Å²) in [7, 11) is 0. The van der Waals surface area contributed by atoms with Crippen molar-refractivity contribution >= 4 is 17.8 Å². The Bertz CT molecular complexity index is 929. The van der Waals surface area contributed by atoms with Gasteiger partial charge in [-0.1, -0.05) is 245 Å². The molecule has 4 N–H and O–H groups in total. The van der Waals surface area contributed by atoms with E-state index in [1.807, 2.05) is 0 Å². The van der Waals surface area contributed by atoms with Crippen LogP contribution >= 0.6 is 0 Å². The number of ether oxygens (including phenoxy) is 1. The number of esters is 1. The largest absolute Gasteiger partial charge is 0.480 e. The lowest BCUT2D eigenvalue weighted by molar-refractivity contribution is -0.150. The van der Waals surface area contributed by atoms with Crippen molar-refractivity contribution in [2.75, 3.05) is 6.54 Å². The maximum absolute atomic E-state index is 12.9. The molecule has 1 amide bonds. The van der Waals surface area contributed by atoms with E-state index in [0.717, 1.165) is 64.2 Å². The molecule has 0 spiro atoms. The van der Waals surface area contributed by atoms with Crippen LogP contribution in [0.25, 0.3) is 0 Å². The lowest BCUT2D eigenvalue weighted by Gasteiger charge is -2.18. The molecule has 0 aromatic heterocycles. The van der Waals surface area contributed by atoms with Gasteiger partial charge >= 0.3 is 11.9 Å². The number of amides is 1. The first kappa shape index (κ1) is 59.4. The van der Waals surface area contributed by atoms with Crippen molar-refractivity contribution in [2.45, 2.75) is 321 Å². The maximum atomic E-state index is 12.9. The number of carbonyl (C=O) groups is 3. The van der Waals surface area contributed by atoms with Gasteiger partial charge in [0.2, 0.25) is 5.91 Å². The SMILES string of the molecule is CCCCCCCCCCCCCCCCCCCCCCCC(=O)OC(CCCCCCCCCCCCCCCC)CCCCCCCC(=O)NC(CCCN)C(=O)O. The first-order valence-electron chi connectivity index (χ1n) is 27.4. The van der Waals surface area contributed by atoms with Gasteiger partial charge in [-0.25, -0.2) is 4.79 Å². The van der Waals surface area contributed by atoms with E-state index in [1.54, 1.807) is 0 Å². The lowest BCUT2D eigenvalue weighted by Crippen LogP contribution is -2.40. The molecular weight excluding hydrogens is 757 g/mol. The molecular formula is C54H106N2O5. The van der Waals surface area contributed by atoms with Crippen LogP contribution in [-0.2, 0) is 19.1 Å². The van der Waals surface area contributed by atoms with Crippen molar-refractivity contribution in [3.8, 4) is 0 Å². The zero-order chi connectivity index (χ0) is 44.5. The molecule has 0 bridgehead atoms. The van der Waals surface area contributed by atoms with Crippen LogP contribution in [0.2, 0.25) is 0 Å². The topological polar surface area (TPSA) is 119 Å². The van der Waals surface area contributed by atoms with Crippen LogP contribution in [0.15, 0.2) is 0 Å². The van der Waals surface area contributed by atoms with Crippen molar-refractivity contribution < 1.29 is 24.2 Å². The third kappa shape index (κ3) is 46.2. The Labute approximate surface area is 379 Å². The van der Waals surface area contributed by atoms with E-state index in [2.05, 4.69) is 19.2 Å². The molecule has 0 aliphatic heterocycles. The second-order valence-corrected chi connectivity index (χ2v) is 19.0. The number of nitrogens with one attached hydrogen (secondary N) is 1. The minimum Gasteiger partial charge on any atom is -0.480 e. The third-order valence-electron chi connectivity index (χ3n) is 12.9. The van der Waals surface area contributed by atoms with Gasteiger partial charge in [-0.2, -0.15) is 0 Å². The molecule has 0 aromatic carbocycles. The molecule has 362 valence electrons. The van der Waals surface area contributed by atoms with E-state index in [1.165, 1.54) is 205 Å². The van der Waals surface area contributed by atoms with Crippen molar-refractivity contribution in [3.63, 3.8) is 0 Å². The summed E-state index contributed by atoms with van der Waals surface area (Å²) < 4.78 is 6.10. The Morgan fingerprint density at radius 1 is 0.410 bits per heavy atom. The highest BCUT2D eigenvalue weighted by Gasteiger charge is 2.19. The summed E-state index contributed by atoms with van der Waals surface area (Å²) in [4.78, 5) is 36.6. The van der Waals surface area contributed by atoms with Gasteiger partial charge in [0.05, 0.1) is 0 Å². The Morgan fingerprint density at radius 2 is 0.705 bits per heavy atom. The number of rotatable bonds is 51. The zero-order valence-corrected chi connectivity index (χ0v) is 41.0. The number of carbonyl (C=O) groups excluding carboxylic acids is 2. The third-order valence-corrected chi connectivity index (χ3v) is 12.9. The second-order valence-electron chi connectivity index (χ2n) is 19.0. The summed E-state index contributed by atoms with van der Waals surface area (Å²) in [5.41, 5.74) is 5.51. The quantitative estimate of drug-likeness (QED) is 0.0414. The molecule has 0 saturated carbocycles. The first-order valence-corrected chi connectivity index (χ1v) is 27.4. The van der Waals surface area contributed by atoms with Crippen LogP contribution < -0.4 is 11.1 Å². The maximum Gasteiger partial charge on any atom is 0.326 e. The fraction of sp³-hybridized carbons (Fsp3) is 0.944. The van der Waals surface area contributed by atoms with E-state index < -0.39 is 12.0 Å². The van der Waals surface area contributed by atoms with Crippen LogP contribution in [-0.4, -0.2) is 41.6 Å². The number of unbranched alkanes of at least 4 members (excludes halogenated alkanes) is 37. The van der Waals surface area contributed by atoms with Crippen molar-refractivity contribution in [3.05, 3.63) is 0 Å².